The van der Waals surface area contributed by atoms with Gasteiger partial charge in [0, 0.05) is 17.6 Å². The molecule has 1 fully saturated rings. The average molecular weight is 296 g/mol. The Morgan fingerprint density at radius 2 is 2.10 bits per heavy atom. The standard InChI is InChI=1S/C17H26ClNO/c1-12(2)19-11-17(3,14-5-6-14)10-13-9-15(18)7-8-16(13)20-4/h7-9,12,14,19H,5-6,10-11H2,1-4H3. The predicted molar refractivity (Wildman–Crippen MR) is 85.7 cm³/mol. The van der Waals surface area contributed by atoms with E-state index in [0.29, 0.717) is 6.04 Å². The molecule has 0 radical (unpaired) electrons. The monoisotopic (exact) mass is 295 g/mol. The Kier molecular flexibility index (Phi) is 4.98. The van der Waals surface area contributed by atoms with Crippen LogP contribution >= 0.6 is 11.6 Å². The molecule has 1 aliphatic rings. The Morgan fingerprint density at radius 1 is 1.40 bits per heavy atom. The van der Waals surface area contributed by atoms with Crippen molar-refractivity contribution in [1.82, 2.24) is 5.32 Å². The van der Waals surface area contributed by atoms with Crippen molar-refractivity contribution >= 4 is 11.6 Å². The van der Waals surface area contributed by atoms with Crippen molar-refractivity contribution in [2.75, 3.05) is 13.7 Å². The smallest absolute Gasteiger partial charge is 0.122 e. The molecule has 0 bridgehead atoms. The molecule has 0 saturated heterocycles. The van der Waals surface area contributed by atoms with E-state index in [-0.39, 0.29) is 5.41 Å². The highest BCUT2D eigenvalue weighted by molar-refractivity contribution is 6.30. The summed E-state index contributed by atoms with van der Waals surface area (Å²) in [6, 6.07) is 6.44. The molecule has 1 aromatic carbocycles. The summed E-state index contributed by atoms with van der Waals surface area (Å²) in [6.45, 7) is 7.84. The molecule has 1 unspecified atom stereocenters. The molecule has 0 aromatic heterocycles. The van der Waals surface area contributed by atoms with E-state index in [2.05, 4.69) is 32.2 Å². The lowest BCUT2D eigenvalue weighted by molar-refractivity contribution is 0.245. The molecule has 1 atom stereocenters. The van der Waals surface area contributed by atoms with Crippen LogP contribution < -0.4 is 10.1 Å². The van der Waals surface area contributed by atoms with Gasteiger partial charge < -0.3 is 10.1 Å². The van der Waals surface area contributed by atoms with Gasteiger partial charge in [0.25, 0.3) is 0 Å². The Labute approximate surface area is 127 Å². The lowest BCUT2D eigenvalue weighted by Gasteiger charge is -2.32. The van der Waals surface area contributed by atoms with Crippen LogP contribution in [0.2, 0.25) is 5.02 Å². The molecule has 0 amide bonds. The van der Waals surface area contributed by atoms with Crippen LogP contribution in [0.4, 0.5) is 0 Å². The lowest BCUT2D eigenvalue weighted by atomic mass is 9.78. The van der Waals surface area contributed by atoms with E-state index in [4.69, 9.17) is 16.3 Å². The highest BCUT2D eigenvalue weighted by atomic mass is 35.5. The Hall–Kier alpha value is -0.730. The Balaban J connectivity index is 2.17. The minimum absolute atomic E-state index is 0.280. The van der Waals surface area contributed by atoms with Crippen molar-refractivity contribution < 1.29 is 4.74 Å². The van der Waals surface area contributed by atoms with Crippen molar-refractivity contribution in [3.8, 4) is 5.75 Å². The summed E-state index contributed by atoms with van der Waals surface area (Å²) in [6.07, 6.45) is 3.71. The first-order chi connectivity index (χ1) is 9.44. The third-order valence-electron chi connectivity index (χ3n) is 4.31. The summed E-state index contributed by atoms with van der Waals surface area (Å²) < 4.78 is 5.49. The first-order valence-corrected chi connectivity index (χ1v) is 7.88. The fraction of sp³-hybridized carbons (Fsp3) is 0.647. The van der Waals surface area contributed by atoms with Gasteiger partial charge >= 0.3 is 0 Å². The number of ether oxygens (including phenoxy) is 1. The zero-order chi connectivity index (χ0) is 14.8. The van der Waals surface area contributed by atoms with Gasteiger partial charge in [0.1, 0.15) is 5.75 Å². The van der Waals surface area contributed by atoms with Gasteiger partial charge in [-0.1, -0.05) is 32.4 Å². The Morgan fingerprint density at radius 3 is 2.65 bits per heavy atom. The van der Waals surface area contributed by atoms with Crippen molar-refractivity contribution in [1.29, 1.82) is 0 Å². The number of hydrogen-bond donors (Lipinski definition) is 1. The summed E-state index contributed by atoms with van der Waals surface area (Å²) in [5.74, 6) is 1.77. The third kappa shape index (κ3) is 3.89. The van der Waals surface area contributed by atoms with E-state index in [0.717, 1.165) is 29.7 Å². The van der Waals surface area contributed by atoms with E-state index in [1.165, 1.54) is 18.4 Å². The maximum atomic E-state index is 6.15. The topological polar surface area (TPSA) is 21.3 Å². The molecule has 2 rings (SSSR count). The van der Waals surface area contributed by atoms with Gasteiger partial charge in [-0.05, 0) is 54.4 Å². The summed E-state index contributed by atoms with van der Waals surface area (Å²) in [5.41, 5.74) is 1.50. The van der Waals surface area contributed by atoms with Crippen LogP contribution in [-0.2, 0) is 6.42 Å². The number of rotatable bonds is 7. The van der Waals surface area contributed by atoms with E-state index in [9.17, 15) is 0 Å². The minimum atomic E-state index is 0.280. The molecule has 112 valence electrons. The quantitative estimate of drug-likeness (QED) is 0.809. The van der Waals surface area contributed by atoms with Gasteiger partial charge in [-0.25, -0.2) is 0 Å². The van der Waals surface area contributed by atoms with Crippen LogP contribution in [-0.4, -0.2) is 19.7 Å². The van der Waals surface area contributed by atoms with E-state index in [1.807, 2.05) is 12.1 Å². The van der Waals surface area contributed by atoms with Crippen LogP contribution in [0.5, 0.6) is 5.75 Å². The first-order valence-electron chi connectivity index (χ1n) is 7.50. The number of hydrogen-bond acceptors (Lipinski definition) is 2. The maximum Gasteiger partial charge on any atom is 0.122 e. The minimum Gasteiger partial charge on any atom is -0.496 e. The first kappa shape index (κ1) is 15.7. The molecule has 3 heteroatoms. The molecule has 0 aliphatic heterocycles. The SMILES string of the molecule is COc1ccc(Cl)cc1CC(C)(CNC(C)C)C1CC1. The van der Waals surface area contributed by atoms with Crippen molar-refractivity contribution in [2.24, 2.45) is 11.3 Å². The van der Waals surface area contributed by atoms with E-state index in [1.54, 1.807) is 7.11 Å². The Bertz CT molecular complexity index is 456. The molecular formula is C17H26ClNO. The van der Waals surface area contributed by atoms with Crippen molar-refractivity contribution in [2.45, 2.75) is 46.1 Å². The summed E-state index contributed by atoms with van der Waals surface area (Å²) in [4.78, 5) is 0. The second-order valence-corrected chi connectivity index (χ2v) is 7.03. The summed E-state index contributed by atoms with van der Waals surface area (Å²) in [7, 11) is 1.73. The summed E-state index contributed by atoms with van der Waals surface area (Å²) >= 11 is 6.15. The molecule has 20 heavy (non-hydrogen) atoms. The molecule has 0 heterocycles. The fourth-order valence-corrected chi connectivity index (χ4v) is 3.08. The highest BCUT2D eigenvalue weighted by Gasteiger charge is 2.41. The molecule has 1 aliphatic carbocycles. The number of halogens is 1. The number of benzene rings is 1. The molecule has 1 saturated carbocycles. The molecular weight excluding hydrogens is 270 g/mol. The molecule has 2 nitrogen and oxygen atoms in total. The van der Waals surface area contributed by atoms with Gasteiger partial charge in [0.15, 0.2) is 0 Å². The zero-order valence-corrected chi connectivity index (χ0v) is 13.8. The largest absolute Gasteiger partial charge is 0.496 e. The third-order valence-corrected chi connectivity index (χ3v) is 4.55. The normalized spacial score (nSPS) is 18.1. The highest BCUT2D eigenvalue weighted by Crippen LogP contribution is 2.48. The lowest BCUT2D eigenvalue weighted by Crippen LogP contribution is -2.38. The predicted octanol–water partition coefficient (Wildman–Crippen LogP) is 4.31. The van der Waals surface area contributed by atoms with Crippen molar-refractivity contribution in [3.05, 3.63) is 28.8 Å². The maximum absolute atomic E-state index is 6.15. The van der Waals surface area contributed by atoms with Crippen LogP contribution in [0.25, 0.3) is 0 Å². The molecule has 0 spiro atoms. The van der Waals surface area contributed by atoms with Gasteiger partial charge in [0.05, 0.1) is 7.11 Å². The van der Waals surface area contributed by atoms with Gasteiger partial charge in [-0.3, -0.25) is 0 Å². The zero-order valence-electron chi connectivity index (χ0n) is 13.0. The van der Waals surface area contributed by atoms with Gasteiger partial charge in [0.2, 0.25) is 0 Å². The second kappa shape index (κ2) is 6.36. The fourth-order valence-electron chi connectivity index (χ4n) is 2.89. The van der Waals surface area contributed by atoms with Crippen LogP contribution in [0, 0.1) is 11.3 Å². The summed E-state index contributed by atoms with van der Waals surface area (Å²) in [5, 5.41) is 4.39. The second-order valence-electron chi connectivity index (χ2n) is 6.60. The van der Waals surface area contributed by atoms with Crippen molar-refractivity contribution in [3.63, 3.8) is 0 Å². The van der Waals surface area contributed by atoms with Crippen LogP contribution in [0.15, 0.2) is 18.2 Å². The van der Waals surface area contributed by atoms with Gasteiger partial charge in [-0.2, -0.15) is 0 Å². The van der Waals surface area contributed by atoms with Gasteiger partial charge in [-0.15, -0.1) is 0 Å². The average Bonchev–Trinajstić information content (AvgIpc) is 3.21. The molecule has 1 N–H and O–H groups in total. The van der Waals surface area contributed by atoms with E-state index >= 15 is 0 Å². The number of methoxy groups -OCH3 is 1. The van der Waals surface area contributed by atoms with E-state index < -0.39 is 0 Å². The van der Waals surface area contributed by atoms with Crippen LogP contribution in [0.1, 0.15) is 39.2 Å². The van der Waals surface area contributed by atoms with Crippen LogP contribution in [0.3, 0.4) is 0 Å². The number of nitrogens with one attached hydrogen (secondary N) is 1. The molecule has 1 aromatic rings.